The van der Waals surface area contributed by atoms with E-state index in [2.05, 4.69) is 19.2 Å². The molecule has 0 aliphatic rings. The van der Waals surface area contributed by atoms with Crippen molar-refractivity contribution >= 4 is 5.97 Å². The summed E-state index contributed by atoms with van der Waals surface area (Å²) in [5, 5.41) is 11.7. The molecule has 2 N–H and O–H groups in total. The number of unbranched alkanes of at least 4 members (excludes halogenated alkanes) is 3. The van der Waals surface area contributed by atoms with Crippen molar-refractivity contribution < 1.29 is 14.6 Å². The van der Waals surface area contributed by atoms with Crippen molar-refractivity contribution in [3.05, 3.63) is 0 Å². The first kappa shape index (κ1) is 20.4. The average molecular weight is 301 g/mol. The lowest BCUT2D eigenvalue weighted by molar-refractivity contribution is -0.144. The van der Waals surface area contributed by atoms with Crippen molar-refractivity contribution in [2.24, 2.45) is 5.92 Å². The van der Waals surface area contributed by atoms with Crippen LogP contribution in [0.2, 0.25) is 0 Å². The standard InChI is InChI=1S/C17H35NO3/c1-3-5-9-16(4-2)11-15-21-17(20)10-7-6-8-12-18-13-14-19/h16,18-19H,3-15H2,1-2H3. The topological polar surface area (TPSA) is 58.6 Å². The Morgan fingerprint density at radius 2 is 1.90 bits per heavy atom. The van der Waals surface area contributed by atoms with E-state index in [0.717, 1.165) is 32.2 Å². The molecular formula is C17H35NO3. The van der Waals surface area contributed by atoms with E-state index in [4.69, 9.17) is 9.84 Å². The molecule has 1 unspecified atom stereocenters. The van der Waals surface area contributed by atoms with E-state index in [-0.39, 0.29) is 12.6 Å². The minimum absolute atomic E-state index is 0.0522. The summed E-state index contributed by atoms with van der Waals surface area (Å²) in [6.07, 6.45) is 9.46. The predicted octanol–water partition coefficient (Wildman–Crippen LogP) is 3.28. The molecule has 0 aliphatic heterocycles. The number of rotatable bonds is 15. The molecule has 0 radical (unpaired) electrons. The molecule has 0 fully saturated rings. The van der Waals surface area contributed by atoms with Gasteiger partial charge in [0.1, 0.15) is 0 Å². The highest BCUT2D eigenvalue weighted by molar-refractivity contribution is 5.69. The molecule has 0 aromatic heterocycles. The summed E-state index contributed by atoms with van der Waals surface area (Å²) in [4.78, 5) is 11.6. The van der Waals surface area contributed by atoms with Gasteiger partial charge in [-0.05, 0) is 31.7 Å². The van der Waals surface area contributed by atoms with Gasteiger partial charge in [-0.1, -0.05) is 46.0 Å². The van der Waals surface area contributed by atoms with Gasteiger partial charge in [0.05, 0.1) is 13.2 Å². The van der Waals surface area contributed by atoms with E-state index < -0.39 is 0 Å². The molecule has 4 nitrogen and oxygen atoms in total. The number of ether oxygens (including phenoxy) is 1. The van der Waals surface area contributed by atoms with Crippen LogP contribution in [-0.4, -0.2) is 37.4 Å². The quantitative estimate of drug-likeness (QED) is 0.360. The zero-order valence-corrected chi connectivity index (χ0v) is 14.0. The van der Waals surface area contributed by atoms with Crippen LogP contribution in [0, 0.1) is 5.92 Å². The third kappa shape index (κ3) is 14.1. The number of carbonyl (C=O) groups excluding carboxylic acids is 1. The second kappa shape index (κ2) is 15.8. The molecule has 0 amide bonds. The van der Waals surface area contributed by atoms with E-state index in [1.165, 1.54) is 25.7 Å². The monoisotopic (exact) mass is 301 g/mol. The SMILES string of the molecule is CCCCC(CC)CCOC(=O)CCCCCNCCO. The first-order valence-electron chi connectivity index (χ1n) is 8.71. The predicted molar refractivity (Wildman–Crippen MR) is 87.3 cm³/mol. The Hall–Kier alpha value is -0.610. The summed E-state index contributed by atoms with van der Waals surface area (Å²) < 4.78 is 5.31. The van der Waals surface area contributed by atoms with Crippen LogP contribution in [0.4, 0.5) is 0 Å². The Balaban J connectivity index is 3.40. The van der Waals surface area contributed by atoms with Crippen molar-refractivity contribution in [2.75, 3.05) is 26.3 Å². The van der Waals surface area contributed by atoms with Crippen molar-refractivity contribution in [3.63, 3.8) is 0 Å². The molecule has 4 heteroatoms. The van der Waals surface area contributed by atoms with Gasteiger partial charge in [-0.3, -0.25) is 4.79 Å². The number of aliphatic hydroxyl groups is 1. The molecule has 0 saturated heterocycles. The second-order valence-corrected chi connectivity index (χ2v) is 5.71. The number of nitrogens with one attached hydrogen (secondary N) is 1. The van der Waals surface area contributed by atoms with Crippen LogP contribution < -0.4 is 5.32 Å². The van der Waals surface area contributed by atoms with Gasteiger partial charge >= 0.3 is 5.97 Å². The van der Waals surface area contributed by atoms with Gasteiger partial charge < -0.3 is 15.2 Å². The molecule has 0 aromatic rings. The van der Waals surface area contributed by atoms with E-state index in [1.807, 2.05) is 0 Å². The van der Waals surface area contributed by atoms with E-state index in [1.54, 1.807) is 0 Å². The Morgan fingerprint density at radius 1 is 1.10 bits per heavy atom. The number of hydrogen-bond acceptors (Lipinski definition) is 4. The van der Waals surface area contributed by atoms with Crippen LogP contribution in [0.3, 0.4) is 0 Å². The summed E-state index contributed by atoms with van der Waals surface area (Å²) in [5.41, 5.74) is 0. The molecule has 0 heterocycles. The molecule has 0 aromatic carbocycles. The number of hydrogen-bond donors (Lipinski definition) is 2. The molecular weight excluding hydrogens is 266 g/mol. The van der Waals surface area contributed by atoms with E-state index in [0.29, 0.717) is 25.5 Å². The third-order valence-corrected chi connectivity index (χ3v) is 3.86. The zero-order chi connectivity index (χ0) is 15.8. The average Bonchev–Trinajstić information content (AvgIpc) is 2.49. The van der Waals surface area contributed by atoms with Crippen molar-refractivity contribution in [2.45, 2.75) is 71.6 Å². The summed E-state index contributed by atoms with van der Waals surface area (Å²) in [7, 11) is 0. The van der Waals surface area contributed by atoms with Gasteiger partial charge in [0, 0.05) is 13.0 Å². The molecule has 21 heavy (non-hydrogen) atoms. The third-order valence-electron chi connectivity index (χ3n) is 3.86. The fourth-order valence-corrected chi connectivity index (χ4v) is 2.36. The lowest BCUT2D eigenvalue weighted by Crippen LogP contribution is -2.19. The van der Waals surface area contributed by atoms with Gasteiger partial charge in [-0.25, -0.2) is 0 Å². The molecule has 126 valence electrons. The maximum absolute atomic E-state index is 11.6. The van der Waals surface area contributed by atoms with Crippen LogP contribution in [0.15, 0.2) is 0 Å². The Bertz CT molecular complexity index is 234. The maximum Gasteiger partial charge on any atom is 0.305 e. The zero-order valence-electron chi connectivity index (χ0n) is 14.0. The summed E-state index contributed by atoms with van der Waals surface area (Å²) >= 11 is 0. The number of carbonyl (C=O) groups is 1. The Kier molecular flexibility index (Phi) is 15.3. The van der Waals surface area contributed by atoms with Crippen LogP contribution in [0.1, 0.15) is 71.6 Å². The van der Waals surface area contributed by atoms with Crippen LogP contribution in [-0.2, 0) is 9.53 Å². The molecule has 0 rings (SSSR count). The fourth-order valence-electron chi connectivity index (χ4n) is 2.36. The minimum Gasteiger partial charge on any atom is -0.466 e. The van der Waals surface area contributed by atoms with Crippen LogP contribution in [0.5, 0.6) is 0 Å². The molecule has 0 spiro atoms. The summed E-state index contributed by atoms with van der Waals surface area (Å²) in [6, 6.07) is 0. The van der Waals surface area contributed by atoms with Crippen molar-refractivity contribution in [1.82, 2.24) is 5.32 Å². The van der Waals surface area contributed by atoms with Crippen LogP contribution >= 0.6 is 0 Å². The highest BCUT2D eigenvalue weighted by atomic mass is 16.5. The molecule has 0 saturated carbocycles. The second-order valence-electron chi connectivity index (χ2n) is 5.71. The molecule has 0 bridgehead atoms. The van der Waals surface area contributed by atoms with Gasteiger partial charge in [0.25, 0.3) is 0 Å². The van der Waals surface area contributed by atoms with Gasteiger partial charge in [0.2, 0.25) is 0 Å². The summed E-state index contributed by atoms with van der Waals surface area (Å²) in [6.45, 7) is 6.76. The number of aliphatic hydroxyl groups excluding tert-OH is 1. The van der Waals surface area contributed by atoms with Crippen molar-refractivity contribution in [1.29, 1.82) is 0 Å². The highest BCUT2D eigenvalue weighted by Gasteiger charge is 2.08. The Morgan fingerprint density at radius 3 is 2.57 bits per heavy atom. The minimum atomic E-state index is -0.0522. The highest BCUT2D eigenvalue weighted by Crippen LogP contribution is 2.16. The van der Waals surface area contributed by atoms with E-state index in [9.17, 15) is 4.79 Å². The van der Waals surface area contributed by atoms with E-state index >= 15 is 0 Å². The number of esters is 1. The van der Waals surface area contributed by atoms with Crippen LogP contribution in [0.25, 0.3) is 0 Å². The summed E-state index contributed by atoms with van der Waals surface area (Å²) in [5.74, 6) is 0.652. The normalized spacial score (nSPS) is 12.3. The fraction of sp³-hybridized carbons (Fsp3) is 0.941. The first-order valence-corrected chi connectivity index (χ1v) is 8.71. The maximum atomic E-state index is 11.6. The van der Waals surface area contributed by atoms with Gasteiger partial charge in [0.15, 0.2) is 0 Å². The Labute approximate surface area is 130 Å². The first-order chi connectivity index (χ1) is 10.2. The van der Waals surface area contributed by atoms with Gasteiger partial charge in [-0.2, -0.15) is 0 Å². The van der Waals surface area contributed by atoms with Crippen molar-refractivity contribution in [3.8, 4) is 0 Å². The van der Waals surface area contributed by atoms with Gasteiger partial charge in [-0.15, -0.1) is 0 Å². The smallest absolute Gasteiger partial charge is 0.305 e. The largest absolute Gasteiger partial charge is 0.466 e. The molecule has 0 aliphatic carbocycles. The lowest BCUT2D eigenvalue weighted by atomic mass is 9.96. The molecule has 1 atom stereocenters. The lowest BCUT2D eigenvalue weighted by Gasteiger charge is -2.14.